The van der Waals surface area contributed by atoms with Crippen molar-refractivity contribution < 1.29 is 14.3 Å². The van der Waals surface area contributed by atoms with Crippen LogP contribution in [-0.2, 0) is 13.0 Å². The molecule has 0 bridgehead atoms. The summed E-state index contributed by atoms with van der Waals surface area (Å²) in [7, 11) is 3.25. The minimum absolute atomic E-state index is 0.104. The van der Waals surface area contributed by atoms with Gasteiger partial charge < -0.3 is 19.7 Å². The van der Waals surface area contributed by atoms with Crippen molar-refractivity contribution in [2.45, 2.75) is 19.9 Å². The molecule has 2 aromatic carbocycles. The van der Waals surface area contributed by atoms with E-state index >= 15 is 0 Å². The van der Waals surface area contributed by atoms with Gasteiger partial charge in [-0.1, -0.05) is 30.3 Å². The summed E-state index contributed by atoms with van der Waals surface area (Å²) in [6, 6.07) is 17.6. The van der Waals surface area contributed by atoms with Crippen LogP contribution < -0.4 is 14.8 Å². The number of urea groups is 1. The van der Waals surface area contributed by atoms with Crippen LogP contribution in [-0.4, -0.2) is 31.7 Å². The highest BCUT2D eigenvalue weighted by atomic mass is 32.1. The van der Waals surface area contributed by atoms with E-state index in [1.54, 1.807) is 25.6 Å². The van der Waals surface area contributed by atoms with Crippen molar-refractivity contribution in [1.82, 2.24) is 4.90 Å². The molecule has 2 amide bonds. The van der Waals surface area contributed by atoms with Crippen molar-refractivity contribution in [3.63, 3.8) is 0 Å². The van der Waals surface area contributed by atoms with Crippen LogP contribution in [0, 0.1) is 6.92 Å². The normalized spacial score (nSPS) is 10.4. The number of aryl methyl sites for hydroxylation is 1. The molecule has 0 aliphatic rings. The number of rotatable bonds is 8. The fourth-order valence-corrected chi connectivity index (χ4v) is 3.77. The van der Waals surface area contributed by atoms with Gasteiger partial charge in [0.25, 0.3) is 0 Å². The van der Waals surface area contributed by atoms with E-state index in [4.69, 9.17) is 9.47 Å². The fourth-order valence-electron chi connectivity index (χ4n) is 3.05. The number of benzene rings is 2. The molecule has 0 aliphatic heterocycles. The Morgan fingerprint density at radius 3 is 2.52 bits per heavy atom. The Hall–Kier alpha value is -2.99. The molecule has 3 rings (SSSR count). The number of anilines is 1. The number of carbonyl (C=O) groups is 1. The van der Waals surface area contributed by atoms with Crippen molar-refractivity contribution >= 4 is 23.1 Å². The summed E-state index contributed by atoms with van der Waals surface area (Å²) in [5, 5.41) is 5.08. The highest BCUT2D eigenvalue weighted by Gasteiger charge is 2.16. The SMILES string of the molecule is COc1ccc(CCN(Cc2cccs2)C(=O)Nc2ccccc2C)cc1OC. The molecule has 0 radical (unpaired) electrons. The maximum absolute atomic E-state index is 13.0. The maximum atomic E-state index is 13.0. The number of ether oxygens (including phenoxy) is 2. The van der Waals surface area contributed by atoms with Gasteiger partial charge in [0.2, 0.25) is 0 Å². The number of hydrogen-bond acceptors (Lipinski definition) is 4. The second kappa shape index (κ2) is 9.98. The van der Waals surface area contributed by atoms with E-state index in [0.29, 0.717) is 31.0 Å². The Labute approximate surface area is 175 Å². The summed E-state index contributed by atoms with van der Waals surface area (Å²) >= 11 is 1.65. The molecular weight excluding hydrogens is 384 g/mol. The third kappa shape index (κ3) is 5.51. The number of carbonyl (C=O) groups excluding carboxylic acids is 1. The average molecular weight is 411 g/mol. The van der Waals surface area contributed by atoms with Crippen LogP contribution in [0.3, 0.4) is 0 Å². The Balaban J connectivity index is 1.73. The molecule has 152 valence electrons. The molecule has 0 saturated carbocycles. The molecule has 0 unspecified atom stereocenters. The van der Waals surface area contributed by atoms with Crippen molar-refractivity contribution in [2.24, 2.45) is 0 Å². The fraction of sp³-hybridized carbons (Fsp3) is 0.261. The van der Waals surface area contributed by atoms with Gasteiger partial charge in [0.1, 0.15) is 0 Å². The number of nitrogens with one attached hydrogen (secondary N) is 1. The van der Waals surface area contributed by atoms with E-state index in [9.17, 15) is 4.79 Å². The maximum Gasteiger partial charge on any atom is 0.322 e. The molecule has 5 nitrogen and oxygen atoms in total. The standard InChI is InChI=1S/C23H26N2O3S/c1-17-7-4-5-9-20(17)24-23(26)25(16-19-8-6-14-29-19)13-12-18-10-11-21(27-2)22(15-18)28-3/h4-11,14-15H,12-13,16H2,1-3H3,(H,24,26). The zero-order chi connectivity index (χ0) is 20.6. The molecule has 6 heteroatoms. The Kier molecular flexibility index (Phi) is 7.14. The Morgan fingerprint density at radius 2 is 1.83 bits per heavy atom. The van der Waals surface area contributed by atoms with Crippen molar-refractivity contribution in [3.05, 3.63) is 76.0 Å². The third-order valence-electron chi connectivity index (χ3n) is 4.72. The molecule has 1 N–H and O–H groups in total. The molecular formula is C23H26N2O3S. The topological polar surface area (TPSA) is 50.8 Å². The Bertz CT molecular complexity index is 941. The van der Waals surface area contributed by atoms with E-state index in [-0.39, 0.29) is 6.03 Å². The summed E-state index contributed by atoms with van der Waals surface area (Å²) in [5.41, 5.74) is 2.96. The highest BCUT2D eigenvalue weighted by Crippen LogP contribution is 2.28. The number of nitrogens with zero attached hydrogens (tertiary/aromatic N) is 1. The molecule has 0 atom stereocenters. The zero-order valence-electron chi connectivity index (χ0n) is 17.0. The molecule has 0 aliphatic carbocycles. The van der Waals surface area contributed by atoms with Gasteiger partial charge in [-0.25, -0.2) is 4.79 Å². The lowest BCUT2D eigenvalue weighted by Gasteiger charge is -2.23. The monoisotopic (exact) mass is 410 g/mol. The molecule has 0 saturated heterocycles. The van der Waals surface area contributed by atoms with E-state index in [0.717, 1.165) is 21.7 Å². The number of hydrogen-bond donors (Lipinski definition) is 1. The molecule has 1 heterocycles. The number of para-hydroxylation sites is 1. The first-order valence-corrected chi connectivity index (χ1v) is 10.3. The van der Waals surface area contributed by atoms with Crippen LogP contribution in [0.15, 0.2) is 60.0 Å². The lowest BCUT2D eigenvalue weighted by molar-refractivity contribution is 0.210. The summed E-state index contributed by atoms with van der Waals surface area (Å²) in [6.07, 6.45) is 0.715. The van der Waals surface area contributed by atoms with Crippen LogP contribution >= 0.6 is 11.3 Å². The number of thiophene rings is 1. The van der Waals surface area contributed by atoms with Crippen molar-refractivity contribution in [1.29, 1.82) is 0 Å². The van der Waals surface area contributed by atoms with Gasteiger partial charge in [0.15, 0.2) is 11.5 Å². The van der Waals surface area contributed by atoms with Crippen LogP contribution in [0.4, 0.5) is 10.5 Å². The van der Waals surface area contributed by atoms with E-state index in [1.165, 1.54) is 0 Å². The molecule has 0 spiro atoms. The molecule has 29 heavy (non-hydrogen) atoms. The van der Waals surface area contributed by atoms with Gasteiger partial charge in [-0.15, -0.1) is 11.3 Å². The lowest BCUT2D eigenvalue weighted by Crippen LogP contribution is -2.36. The summed E-state index contributed by atoms with van der Waals surface area (Å²) in [6.45, 7) is 3.15. The predicted octanol–water partition coefficient (Wildman–Crippen LogP) is 5.35. The number of amides is 2. The van der Waals surface area contributed by atoms with Crippen LogP contribution in [0.1, 0.15) is 16.0 Å². The Morgan fingerprint density at radius 1 is 1.03 bits per heavy atom. The smallest absolute Gasteiger partial charge is 0.322 e. The van der Waals surface area contributed by atoms with Gasteiger partial charge in [-0.2, -0.15) is 0 Å². The summed E-state index contributed by atoms with van der Waals surface area (Å²) < 4.78 is 10.7. The van der Waals surface area contributed by atoms with E-state index < -0.39 is 0 Å². The minimum atomic E-state index is -0.104. The minimum Gasteiger partial charge on any atom is -0.493 e. The molecule has 0 fully saturated rings. The van der Waals surface area contributed by atoms with Crippen LogP contribution in [0.25, 0.3) is 0 Å². The largest absolute Gasteiger partial charge is 0.493 e. The number of methoxy groups -OCH3 is 2. The summed E-state index contributed by atoms with van der Waals surface area (Å²) in [4.78, 5) is 16.0. The van der Waals surface area contributed by atoms with Gasteiger partial charge >= 0.3 is 6.03 Å². The first-order chi connectivity index (χ1) is 14.1. The first kappa shape index (κ1) is 20.7. The van der Waals surface area contributed by atoms with Crippen molar-refractivity contribution in [3.8, 4) is 11.5 Å². The lowest BCUT2D eigenvalue weighted by atomic mass is 10.1. The first-order valence-electron chi connectivity index (χ1n) is 9.45. The van der Waals surface area contributed by atoms with Gasteiger partial charge in [-0.3, -0.25) is 0 Å². The predicted molar refractivity (Wildman–Crippen MR) is 118 cm³/mol. The van der Waals surface area contributed by atoms with Crippen molar-refractivity contribution in [2.75, 3.05) is 26.1 Å². The molecule has 3 aromatic rings. The van der Waals surface area contributed by atoms with Gasteiger partial charge in [0.05, 0.1) is 20.8 Å². The third-order valence-corrected chi connectivity index (χ3v) is 5.58. The van der Waals surface area contributed by atoms with Gasteiger partial charge in [0, 0.05) is 17.1 Å². The van der Waals surface area contributed by atoms with Crippen LogP contribution in [0.5, 0.6) is 11.5 Å². The highest BCUT2D eigenvalue weighted by molar-refractivity contribution is 7.09. The zero-order valence-corrected chi connectivity index (χ0v) is 17.8. The second-order valence-electron chi connectivity index (χ2n) is 6.69. The quantitative estimate of drug-likeness (QED) is 0.545. The average Bonchev–Trinajstić information content (AvgIpc) is 3.25. The second-order valence-corrected chi connectivity index (χ2v) is 7.72. The van der Waals surface area contributed by atoms with E-state index in [1.807, 2.05) is 65.7 Å². The molecule has 1 aromatic heterocycles. The van der Waals surface area contributed by atoms with E-state index in [2.05, 4.69) is 11.4 Å². The summed E-state index contributed by atoms with van der Waals surface area (Å²) in [5.74, 6) is 1.39. The van der Waals surface area contributed by atoms with Crippen LogP contribution in [0.2, 0.25) is 0 Å². The van der Waals surface area contributed by atoms with Gasteiger partial charge in [-0.05, 0) is 54.1 Å².